The first-order chi connectivity index (χ1) is 15.0. The molecule has 0 amide bonds. The molecule has 1 fully saturated rings. The normalized spacial score (nSPS) is 15.8. The highest BCUT2D eigenvalue weighted by Crippen LogP contribution is 2.36. The van der Waals surface area contributed by atoms with Crippen LogP contribution in [0.5, 0.6) is 0 Å². The van der Waals surface area contributed by atoms with Crippen LogP contribution < -0.4 is 0 Å². The van der Waals surface area contributed by atoms with Crippen molar-refractivity contribution < 1.29 is 26.3 Å². The first kappa shape index (κ1) is 25.0. The zero-order chi connectivity index (χ0) is 23.4. The Labute approximate surface area is 191 Å². The minimum absolute atomic E-state index is 0.120. The fourth-order valence-corrected chi connectivity index (χ4v) is 4.70. The molecule has 1 heterocycles. The van der Waals surface area contributed by atoms with Gasteiger partial charge in [-0.2, -0.15) is 17.5 Å². The summed E-state index contributed by atoms with van der Waals surface area (Å²) in [6.07, 6.45) is -2.80. The molecule has 32 heavy (non-hydrogen) atoms. The van der Waals surface area contributed by atoms with Gasteiger partial charge in [0.1, 0.15) is 0 Å². The Morgan fingerprint density at radius 1 is 1.09 bits per heavy atom. The Hall–Kier alpha value is -1.65. The van der Waals surface area contributed by atoms with E-state index in [1.807, 2.05) is 35.2 Å². The van der Waals surface area contributed by atoms with Crippen LogP contribution in [-0.4, -0.2) is 56.2 Å². The number of benzene rings is 2. The maximum Gasteiger partial charge on any atom is 0.417 e. The lowest BCUT2D eigenvalue weighted by Gasteiger charge is -2.36. The van der Waals surface area contributed by atoms with Gasteiger partial charge in [0, 0.05) is 39.3 Å². The quantitative estimate of drug-likeness (QED) is 0.463. The first-order valence-electron chi connectivity index (χ1n) is 10.2. The van der Waals surface area contributed by atoms with E-state index >= 15 is 0 Å². The number of alkyl halides is 3. The van der Waals surface area contributed by atoms with Crippen LogP contribution in [0.4, 0.5) is 13.2 Å². The Morgan fingerprint density at radius 3 is 2.41 bits per heavy atom. The second-order valence-corrected chi connectivity index (χ2v) is 10.3. The van der Waals surface area contributed by atoms with Gasteiger partial charge in [0.25, 0.3) is 0 Å². The summed E-state index contributed by atoms with van der Waals surface area (Å²) < 4.78 is 69.6. The highest BCUT2D eigenvalue weighted by atomic mass is 35.5. The number of hydrogen-bond acceptors (Lipinski definition) is 4. The molecule has 176 valence electrons. The van der Waals surface area contributed by atoms with Crippen molar-refractivity contribution in [1.29, 1.82) is 0 Å². The molecule has 0 N–H and O–H groups in total. The van der Waals surface area contributed by atoms with Gasteiger partial charge >= 0.3 is 6.18 Å². The highest BCUT2D eigenvalue weighted by molar-refractivity contribution is 7.88. The largest absolute Gasteiger partial charge is 0.417 e. The van der Waals surface area contributed by atoms with Gasteiger partial charge in [-0.25, -0.2) is 8.42 Å². The first-order valence-corrected chi connectivity index (χ1v) is 12.4. The van der Waals surface area contributed by atoms with Crippen LogP contribution in [0, 0.1) is 0 Å². The van der Waals surface area contributed by atoms with Crippen molar-refractivity contribution in [2.45, 2.75) is 31.8 Å². The molecule has 1 saturated heterocycles. The van der Waals surface area contributed by atoms with Gasteiger partial charge in [0.2, 0.25) is 10.0 Å². The maximum atomic E-state index is 13.2. The van der Waals surface area contributed by atoms with E-state index in [1.54, 1.807) is 6.07 Å². The molecule has 2 aromatic rings. The van der Waals surface area contributed by atoms with E-state index in [1.165, 1.54) is 16.6 Å². The number of halogens is 4. The summed E-state index contributed by atoms with van der Waals surface area (Å²) in [5.41, 5.74) is 0.625. The molecule has 0 bridgehead atoms. The number of hydrogen-bond donors (Lipinski definition) is 0. The summed E-state index contributed by atoms with van der Waals surface area (Å²) >= 11 is 6.10. The highest BCUT2D eigenvalue weighted by Gasteiger charge is 2.34. The third-order valence-corrected chi connectivity index (χ3v) is 6.97. The molecule has 0 radical (unpaired) electrons. The minimum Gasteiger partial charge on any atom is -0.375 e. The topological polar surface area (TPSA) is 49.9 Å². The van der Waals surface area contributed by atoms with E-state index in [9.17, 15) is 21.6 Å². The molecule has 0 atom stereocenters. The summed E-state index contributed by atoms with van der Waals surface area (Å²) in [6, 6.07) is 13.6. The number of nitrogens with zero attached hydrogens (tertiary/aromatic N) is 2. The van der Waals surface area contributed by atoms with Crippen molar-refractivity contribution >= 4 is 21.6 Å². The van der Waals surface area contributed by atoms with E-state index in [4.69, 9.17) is 16.3 Å². The molecule has 1 aliphatic rings. The Kier molecular flexibility index (Phi) is 8.21. The van der Waals surface area contributed by atoms with Crippen LogP contribution in [0.1, 0.15) is 23.1 Å². The lowest BCUT2D eigenvalue weighted by molar-refractivity contribution is -0.137. The molecule has 0 saturated carbocycles. The van der Waals surface area contributed by atoms with E-state index in [2.05, 4.69) is 0 Å². The summed E-state index contributed by atoms with van der Waals surface area (Å²) in [5, 5.41) is -0.273. The Bertz CT molecular complexity index is 997. The molecular formula is C22H26ClF3N2O3S. The molecule has 1 aliphatic heterocycles. The molecule has 0 aliphatic carbocycles. The summed E-state index contributed by atoms with van der Waals surface area (Å²) in [6.45, 7) is 2.55. The van der Waals surface area contributed by atoms with Gasteiger partial charge in [0.05, 0.1) is 22.9 Å². The fraction of sp³-hybridized carbons (Fsp3) is 0.455. The van der Waals surface area contributed by atoms with Gasteiger partial charge in [-0.15, -0.1) is 0 Å². The maximum absolute atomic E-state index is 13.2. The average molecular weight is 491 g/mol. The predicted molar refractivity (Wildman–Crippen MR) is 118 cm³/mol. The van der Waals surface area contributed by atoms with Crippen molar-refractivity contribution in [2.75, 3.05) is 32.5 Å². The molecule has 0 unspecified atom stereocenters. The molecule has 2 aromatic carbocycles. The number of rotatable bonds is 10. The second-order valence-electron chi connectivity index (χ2n) is 7.90. The summed E-state index contributed by atoms with van der Waals surface area (Å²) in [5.74, 6) is 0. The predicted octanol–water partition coefficient (Wildman–Crippen LogP) is 4.41. The van der Waals surface area contributed by atoms with Crippen LogP contribution in [-0.2, 0) is 34.0 Å². The molecule has 3 rings (SSSR count). The zero-order valence-electron chi connectivity index (χ0n) is 17.7. The van der Waals surface area contributed by atoms with Crippen molar-refractivity contribution in [1.82, 2.24) is 9.21 Å². The standard InChI is InChI=1S/C22H26ClF3N2O3S/c1-32(29,30)28-15-19(16-28)31-12-6-11-27(13-17-7-3-2-4-8-17)14-18-9-5-10-20(21(18)23)22(24,25)26/h2-5,7-10,19H,6,11-16H2,1H3. The lowest BCUT2D eigenvalue weighted by Crippen LogP contribution is -2.54. The minimum atomic E-state index is -4.51. The second kappa shape index (κ2) is 10.5. The monoisotopic (exact) mass is 490 g/mol. The number of sulfonamides is 1. The van der Waals surface area contributed by atoms with Crippen molar-refractivity contribution in [2.24, 2.45) is 0 Å². The van der Waals surface area contributed by atoms with Crippen molar-refractivity contribution in [3.63, 3.8) is 0 Å². The lowest BCUT2D eigenvalue weighted by atomic mass is 10.1. The SMILES string of the molecule is CS(=O)(=O)N1CC(OCCCN(Cc2ccccc2)Cc2cccc(C(F)(F)F)c2Cl)C1. The molecular weight excluding hydrogens is 465 g/mol. The van der Waals surface area contributed by atoms with Crippen molar-refractivity contribution in [3.05, 3.63) is 70.2 Å². The zero-order valence-corrected chi connectivity index (χ0v) is 19.3. The van der Waals surface area contributed by atoms with Crippen LogP contribution in [0.2, 0.25) is 5.02 Å². The molecule has 0 aromatic heterocycles. The third-order valence-electron chi connectivity index (χ3n) is 5.28. The van der Waals surface area contributed by atoms with Gasteiger partial charge in [-0.05, 0) is 23.6 Å². The summed E-state index contributed by atoms with van der Waals surface area (Å²) in [7, 11) is -3.18. The van der Waals surface area contributed by atoms with Crippen molar-refractivity contribution in [3.8, 4) is 0 Å². The third kappa shape index (κ3) is 6.92. The van der Waals surface area contributed by atoms with E-state index in [0.29, 0.717) is 44.8 Å². The smallest absolute Gasteiger partial charge is 0.375 e. The fourth-order valence-electron chi connectivity index (χ4n) is 3.53. The van der Waals surface area contributed by atoms with E-state index in [-0.39, 0.29) is 17.7 Å². The molecule has 5 nitrogen and oxygen atoms in total. The summed E-state index contributed by atoms with van der Waals surface area (Å²) in [4.78, 5) is 2.03. The van der Waals surface area contributed by atoms with Gasteiger partial charge in [-0.1, -0.05) is 54.1 Å². The van der Waals surface area contributed by atoms with Gasteiger partial charge in [-0.3, -0.25) is 4.90 Å². The Morgan fingerprint density at radius 2 is 1.78 bits per heavy atom. The van der Waals surface area contributed by atoms with Crippen LogP contribution in [0.3, 0.4) is 0 Å². The van der Waals surface area contributed by atoms with Crippen LogP contribution >= 0.6 is 11.6 Å². The molecule has 0 spiro atoms. The van der Waals surface area contributed by atoms with Gasteiger partial charge < -0.3 is 4.74 Å². The average Bonchev–Trinajstić information content (AvgIpc) is 2.66. The van der Waals surface area contributed by atoms with Gasteiger partial charge in [0.15, 0.2) is 0 Å². The number of ether oxygens (including phenoxy) is 1. The molecule has 10 heteroatoms. The Balaban J connectivity index is 1.60. The van der Waals surface area contributed by atoms with Crippen LogP contribution in [0.25, 0.3) is 0 Å². The van der Waals surface area contributed by atoms with Crippen LogP contribution in [0.15, 0.2) is 48.5 Å². The van der Waals surface area contributed by atoms with E-state index < -0.39 is 21.8 Å². The van der Waals surface area contributed by atoms with E-state index in [0.717, 1.165) is 11.6 Å².